The van der Waals surface area contributed by atoms with E-state index in [1.165, 1.54) is 6.92 Å². The molecule has 0 aliphatic heterocycles. The maximum Gasteiger partial charge on any atom is 0.303 e. The highest BCUT2D eigenvalue weighted by Gasteiger charge is 2.12. The van der Waals surface area contributed by atoms with E-state index < -0.39 is 6.10 Å². The van der Waals surface area contributed by atoms with E-state index in [1.807, 2.05) is 12.1 Å². The Morgan fingerprint density at radius 1 is 1.35 bits per heavy atom. The lowest BCUT2D eigenvalue weighted by atomic mass is 10.3. The molecule has 0 N–H and O–H groups in total. The summed E-state index contributed by atoms with van der Waals surface area (Å²) in [6.07, 6.45) is -0.459. The number of esters is 1. The highest BCUT2D eigenvalue weighted by molar-refractivity contribution is 6.18. The van der Waals surface area contributed by atoms with Gasteiger partial charge in [0.2, 0.25) is 0 Å². The maximum atomic E-state index is 10.8. The Morgan fingerprint density at radius 3 is 2.53 bits per heavy atom. The van der Waals surface area contributed by atoms with Gasteiger partial charge in [0, 0.05) is 6.92 Å². The Bertz CT molecular complexity index is 367. The van der Waals surface area contributed by atoms with Crippen molar-refractivity contribution in [3.05, 3.63) is 24.3 Å². The number of benzene rings is 1. The molecule has 1 aromatic rings. The van der Waals surface area contributed by atoms with Crippen molar-refractivity contribution in [2.45, 2.75) is 13.0 Å². The van der Waals surface area contributed by atoms with Crippen molar-refractivity contribution in [1.82, 2.24) is 0 Å². The van der Waals surface area contributed by atoms with Crippen LogP contribution in [-0.2, 0) is 9.53 Å². The SMILES string of the molecule is COc1ccccc1OCC(CCl)OC(C)=O. The first-order chi connectivity index (χ1) is 8.17. The van der Waals surface area contributed by atoms with Gasteiger partial charge in [0.25, 0.3) is 0 Å². The predicted molar refractivity (Wildman–Crippen MR) is 64.8 cm³/mol. The Kier molecular flexibility index (Phi) is 5.63. The second-order valence-electron chi connectivity index (χ2n) is 3.35. The van der Waals surface area contributed by atoms with Crippen LogP contribution in [0, 0.1) is 0 Å². The van der Waals surface area contributed by atoms with Crippen molar-refractivity contribution in [3.63, 3.8) is 0 Å². The first kappa shape index (κ1) is 13.6. The van der Waals surface area contributed by atoms with Gasteiger partial charge in [-0.15, -0.1) is 11.6 Å². The predicted octanol–water partition coefficient (Wildman–Crippen LogP) is 2.24. The first-order valence-electron chi connectivity index (χ1n) is 5.16. The lowest BCUT2D eigenvalue weighted by Gasteiger charge is -2.16. The van der Waals surface area contributed by atoms with Gasteiger partial charge in [-0.2, -0.15) is 0 Å². The Morgan fingerprint density at radius 2 is 2.00 bits per heavy atom. The Hall–Kier alpha value is -1.42. The first-order valence-corrected chi connectivity index (χ1v) is 5.69. The zero-order chi connectivity index (χ0) is 12.7. The van der Waals surface area contributed by atoms with E-state index in [-0.39, 0.29) is 18.5 Å². The van der Waals surface area contributed by atoms with Crippen molar-refractivity contribution in [2.24, 2.45) is 0 Å². The number of hydrogen-bond acceptors (Lipinski definition) is 4. The standard InChI is InChI=1S/C12H15ClO4/c1-9(14)17-10(7-13)8-16-12-6-4-3-5-11(12)15-2/h3-6,10H,7-8H2,1-2H3. The van der Waals surface area contributed by atoms with Crippen LogP contribution in [0.1, 0.15) is 6.92 Å². The third kappa shape index (κ3) is 4.53. The summed E-state index contributed by atoms with van der Waals surface area (Å²) in [4.78, 5) is 10.8. The molecule has 0 aliphatic rings. The van der Waals surface area contributed by atoms with Crippen LogP contribution in [0.25, 0.3) is 0 Å². The van der Waals surface area contributed by atoms with Gasteiger partial charge in [0.05, 0.1) is 13.0 Å². The van der Waals surface area contributed by atoms with Crippen LogP contribution >= 0.6 is 11.6 Å². The molecule has 0 saturated heterocycles. The van der Waals surface area contributed by atoms with Crippen LogP contribution in [0.15, 0.2) is 24.3 Å². The molecule has 1 atom stereocenters. The van der Waals surface area contributed by atoms with Gasteiger partial charge >= 0.3 is 5.97 Å². The minimum absolute atomic E-state index is 0.189. The number of methoxy groups -OCH3 is 1. The number of carbonyl (C=O) groups excluding carboxylic acids is 1. The fraction of sp³-hybridized carbons (Fsp3) is 0.417. The van der Waals surface area contributed by atoms with E-state index in [9.17, 15) is 4.79 Å². The number of carbonyl (C=O) groups is 1. The van der Waals surface area contributed by atoms with E-state index in [0.717, 1.165) is 0 Å². The Labute approximate surface area is 105 Å². The van der Waals surface area contributed by atoms with Gasteiger partial charge < -0.3 is 14.2 Å². The van der Waals surface area contributed by atoms with Crippen LogP contribution in [0.2, 0.25) is 0 Å². The molecular weight excluding hydrogens is 244 g/mol. The monoisotopic (exact) mass is 258 g/mol. The summed E-state index contributed by atoms with van der Waals surface area (Å²) in [7, 11) is 1.56. The summed E-state index contributed by atoms with van der Waals surface area (Å²) in [5.74, 6) is 1.04. The quantitative estimate of drug-likeness (QED) is 0.580. The molecule has 0 aliphatic carbocycles. The number of para-hydroxylation sites is 2. The second kappa shape index (κ2) is 7.01. The number of halogens is 1. The molecule has 1 aromatic carbocycles. The second-order valence-corrected chi connectivity index (χ2v) is 3.66. The summed E-state index contributed by atoms with van der Waals surface area (Å²) in [5.41, 5.74) is 0. The molecule has 0 amide bonds. The fourth-order valence-corrected chi connectivity index (χ4v) is 1.42. The van der Waals surface area contributed by atoms with Gasteiger partial charge in [-0.1, -0.05) is 12.1 Å². The lowest BCUT2D eigenvalue weighted by molar-refractivity contribution is -0.146. The summed E-state index contributed by atoms with van der Waals surface area (Å²) in [6.45, 7) is 1.53. The molecule has 17 heavy (non-hydrogen) atoms. The largest absolute Gasteiger partial charge is 0.493 e. The van der Waals surface area contributed by atoms with Crippen molar-refractivity contribution in [2.75, 3.05) is 19.6 Å². The van der Waals surface area contributed by atoms with Crippen LogP contribution in [0.3, 0.4) is 0 Å². The molecule has 0 fully saturated rings. The molecule has 0 bridgehead atoms. The molecule has 0 spiro atoms. The molecule has 4 nitrogen and oxygen atoms in total. The molecular formula is C12H15ClO4. The normalized spacial score (nSPS) is 11.7. The zero-order valence-corrected chi connectivity index (χ0v) is 10.6. The number of hydrogen-bond donors (Lipinski definition) is 0. The number of alkyl halides is 1. The fourth-order valence-electron chi connectivity index (χ4n) is 1.27. The molecule has 1 rings (SSSR count). The van der Waals surface area contributed by atoms with Crippen LogP contribution in [-0.4, -0.2) is 31.7 Å². The lowest BCUT2D eigenvalue weighted by Crippen LogP contribution is -2.25. The number of ether oxygens (including phenoxy) is 3. The number of rotatable bonds is 6. The van der Waals surface area contributed by atoms with Crippen LogP contribution < -0.4 is 9.47 Å². The van der Waals surface area contributed by atoms with Crippen LogP contribution in [0.5, 0.6) is 11.5 Å². The minimum Gasteiger partial charge on any atom is -0.493 e. The highest BCUT2D eigenvalue weighted by Crippen LogP contribution is 2.25. The molecule has 0 heterocycles. The molecule has 0 saturated carbocycles. The average molecular weight is 259 g/mol. The maximum absolute atomic E-state index is 10.8. The van der Waals surface area contributed by atoms with Gasteiger partial charge in [0.1, 0.15) is 12.7 Å². The molecule has 1 unspecified atom stereocenters. The van der Waals surface area contributed by atoms with E-state index in [1.54, 1.807) is 19.2 Å². The molecule has 5 heteroatoms. The topological polar surface area (TPSA) is 44.8 Å². The van der Waals surface area contributed by atoms with Gasteiger partial charge in [0.15, 0.2) is 11.5 Å². The zero-order valence-electron chi connectivity index (χ0n) is 9.81. The molecule has 0 aromatic heterocycles. The van der Waals surface area contributed by atoms with Crippen LogP contribution in [0.4, 0.5) is 0 Å². The molecule has 0 radical (unpaired) electrons. The van der Waals surface area contributed by atoms with E-state index in [4.69, 9.17) is 25.8 Å². The van der Waals surface area contributed by atoms with Crippen molar-refractivity contribution >= 4 is 17.6 Å². The summed E-state index contributed by atoms with van der Waals surface area (Å²) in [6, 6.07) is 7.24. The summed E-state index contributed by atoms with van der Waals surface area (Å²) in [5, 5.41) is 0. The van der Waals surface area contributed by atoms with Gasteiger partial charge in [-0.3, -0.25) is 4.79 Å². The third-order valence-corrected chi connectivity index (χ3v) is 2.34. The minimum atomic E-state index is -0.459. The summed E-state index contributed by atoms with van der Waals surface area (Å²) < 4.78 is 15.6. The van der Waals surface area contributed by atoms with Crippen molar-refractivity contribution in [1.29, 1.82) is 0 Å². The third-order valence-electron chi connectivity index (χ3n) is 2.00. The van der Waals surface area contributed by atoms with Gasteiger partial charge in [-0.25, -0.2) is 0 Å². The van der Waals surface area contributed by atoms with E-state index in [0.29, 0.717) is 11.5 Å². The Balaban J connectivity index is 2.56. The summed E-state index contributed by atoms with van der Waals surface area (Å²) >= 11 is 5.66. The van der Waals surface area contributed by atoms with Crippen molar-refractivity contribution in [3.8, 4) is 11.5 Å². The van der Waals surface area contributed by atoms with Gasteiger partial charge in [-0.05, 0) is 12.1 Å². The highest BCUT2D eigenvalue weighted by atomic mass is 35.5. The van der Waals surface area contributed by atoms with Crippen molar-refractivity contribution < 1.29 is 19.0 Å². The average Bonchev–Trinajstić information content (AvgIpc) is 2.34. The smallest absolute Gasteiger partial charge is 0.303 e. The molecule has 94 valence electrons. The van der Waals surface area contributed by atoms with E-state index >= 15 is 0 Å². The van der Waals surface area contributed by atoms with E-state index in [2.05, 4.69) is 0 Å².